The predicted octanol–water partition coefficient (Wildman–Crippen LogP) is 5.52. The van der Waals surface area contributed by atoms with E-state index >= 15 is 0 Å². The number of nitrogens with zero attached hydrogens (tertiary/aromatic N) is 5. The molecule has 42 heavy (non-hydrogen) atoms. The summed E-state index contributed by atoms with van der Waals surface area (Å²) in [6, 6.07) is 18.8. The number of phenolic OH excluding ortho intramolecular Hbond substituents is 1. The van der Waals surface area contributed by atoms with E-state index < -0.39 is 17.7 Å². The summed E-state index contributed by atoms with van der Waals surface area (Å²) < 4.78 is 7.88. The zero-order valence-electron chi connectivity index (χ0n) is 22.6. The Morgan fingerprint density at radius 1 is 1.07 bits per heavy atom. The lowest BCUT2D eigenvalue weighted by Crippen LogP contribution is -2.29. The maximum Gasteiger partial charge on any atom is 0.301 e. The van der Waals surface area contributed by atoms with Crippen molar-refractivity contribution in [2.45, 2.75) is 30.0 Å². The quantitative estimate of drug-likeness (QED) is 0.0779. The van der Waals surface area contributed by atoms with Crippen molar-refractivity contribution in [1.82, 2.24) is 19.6 Å². The molecule has 12 heteroatoms. The normalized spacial score (nSPS) is 16.4. The Bertz CT molecular complexity index is 1850. The number of ketones is 1. The van der Waals surface area contributed by atoms with Gasteiger partial charge in [0.15, 0.2) is 21.6 Å². The summed E-state index contributed by atoms with van der Waals surface area (Å²) >= 11 is 2.65. The number of fused-ring (bicyclic) bond motifs is 1. The number of carbonyl (C=O) groups excluding carboxylic acids is 2. The van der Waals surface area contributed by atoms with Crippen LogP contribution in [0.3, 0.4) is 0 Å². The third kappa shape index (κ3) is 4.88. The van der Waals surface area contributed by atoms with Crippen molar-refractivity contribution < 1.29 is 24.5 Å². The van der Waals surface area contributed by atoms with Gasteiger partial charge < -0.3 is 14.9 Å². The first-order chi connectivity index (χ1) is 20.4. The molecule has 1 amide bonds. The highest BCUT2D eigenvalue weighted by Crippen LogP contribution is 2.45. The highest BCUT2D eigenvalue weighted by atomic mass is 32.2. The minimum atomic E-state index is -1.07. The van der Waals surface area contributed by atoms with Crippen LogP contribution in [0.25, 0.3) is 11.4 Å². The van der Waals surface area contributed by atoms with Crippen LogP contribution in [-0.2, 0) is 15.3 Å². The van der Waals surface area contributed by atoms with Crippen molar-refractivity contribution in [3.05, 3.63) is 101 Å². The van der Waals surface area contributed by atoms with Gasteiger partial charge in [-0.3, -0.25) is 18.9 Å². The maximum absolute atomic E-state index is 13.7. The van der Waals surface area contributed by atoms with E-state index in [0.29, 0.717) is 32.7 Å². The summed E-state index contributed by atoms with van der Waals surface area (Å²) in [4.78, 5) is 33.1. The molecule has 5 aromatic rings. The molecule has 1 fully saturated rings. The van der Waals surface area contributed by atoms with Crippen LogP contribution in [-0.4, -0.2) is 48.1 Å². The van der Waals surface area contributed by atoms with Crippen LogP contribution in [0, 0.1) is 6.92 Å². The Labute approximate surface area is 248 Å². The van der Waals surface area contributed by atoms with E-state index in [2.05, 4.69) is 15.2 Å². The lowest BCUT2D eigenvalue weighted by Gasteiger charge is -2.23. The van der Waals surface area contributed by atoms with Crippen molar-refractivity contribution >= 4 is 51.3 Å². The van der Waals surface area contributed by atoms with Crippen molar-refractivity contribution in [3.63, 3.8) is 0 Å². The molecule has 1 aliphatic heterocycles. The summed E-state index contributed by atoms with van der Waals surface area (Å²) in [5.41, 5.74) is 2.78. The lowest BCUT2D eigenvalue weighted by atomic mass is 9.96. The second-order valence-electron chi connectivity index (χ2n) is 9.43. The number of thioether (sulfide) groups is 1. The minimum absolute atomic E-state index is 0.0920. The number of amides is 1. The topological polar surface area (TPSA) is 130 Å². The number of aliphatic hydroxyl groups excluding tert-OH is 1. The van der Waals surface area contributed by atoms with Crippen LogP contribution in [0.4, 0.5) is 5.13 Å². The first-order valence-electron chi connectivity index (χ1n) is 13.1. The fourth-order valence-corrected chi connectivity index (χ4v) is 6.74. The summed E-state index contributed by atoms with van der Waals surface area (Å²) in [5.74, 6) is -1.35. The molecule has 0 saturated carbocycles. The van der Waals surface area contributed by atoms with Gasteiger partial charge in [-0.05, 0) is 49.2 Å². The number of ether oxygens (including phenoxy) is 1. The van der Waals surface area contributed by atoms with Crippen LogP contribution in [0.2, 0.25) is 0 Å². The largest absolute Gasteiger partial charge is 0.505 e. The smallest absolute Gasteiger partial charge is 0.301 e. The summed E-state index contributed by atoms with van der Waals surface area (Å²) in [6.07, 6.45) is 1.73. The Kier molecular flexibility index (Phi) is 7.40. The molecule has 0 bridgehead atoms. The van der Waals surface area contributed by atoms with Gasteiger partial charge in [-0.2, -0.15) is 0 Å². The van der Waals surface area contributed by atoms with Gasteiger partial charge in [0.25, 0.3) is 5.78 Å². The van der Waals surface area contributed by atoms with Gasteiger partial charge in [-0.15, -0.1) is 10.2 Å². The van der Waals surface area contributed by atoms with E-state index in [1.54, 1.807) is 48.7 Å². The number of imidazole rings is 1. The fourth-order valence-electron chi connectivity index (χ4n) is 4.92. The van der Waals surface area contributed by atoms with Crippen LogP contribution < -0.4 is 9.64 Å². The van der Waals surface area contributed by atoms with Crippen molar-refractivity contribution in [3.8, 4) is 11.5 Å². The lowest BCUT2D eigenvalue weighted by molar-refractivity contribution is -0.132. The number of anilines is 1. The second kappa shape index (κ2) is 11.3. The van der Waals surface area contributed by atoms with Gasteiger partial charge in [-0.25, -0.2) is 4.98 Å². The highest BCUT2D eigenvalue weighted by Gasteiger charge is 2.49. The molecule has 1 aliphatic rings. The first kappa shape index (κ1) is 27.5. The summed E-state index contributed by atoms with van der Waals surface area (Å²) in [7, 11) is 0. The number of carbonyl (C=O) groups is 2. The molecule has 10 nitrogen and oxygen atoms in total. The van der Waals surface area contributed by atoms with Gasteiger partial charge in [-0.1, -0.05) is 65.6 Å². The van der Waals surface area contributed by atoms with E-state index in [9.17, 15) is 19.8 Å². The van der Waals surface area contributed by atoms with Crippen LogP contribution in [0.15, 0.2) is 82.8 Å². The third-order valence-electron chi connectivity index (χ3n) is 6.78. The van der Waals surface area contributed by atoms with Gasteiger partial charge in [0, 0.05) is 11.9 Å². The van der Waals surface area contributed by atoms with Crippen molar-refractivity contribution in [2.24, 2.45) is 0 Å². The highest BCUT2D eigenvalue weighted by molar-refractivity contribution is 8.00. The van der Waals surface area contributed by atoms with Crippen LogP contribution in [0.1, 0.15) is 35.5 Å². The van der Waals surface area contributed by atoms with Gasteiger partial charge in [0.2, 0.25) is 5.13 Å². The molecule has 2 N–H and O–H groups in total. The van der Waals surface area contributed by atoms with Gasteiger partial charge in [0.1, 0.15) is 11.3 Å². The van der Waals surface area contributed by atoms with Crippen LogP contribution >= 0.6 is 23.1 Å². The molecule has 1 saturated heterocycles. The predicted molar refractivity (Wildman–Crippen MR) is 160 cm³/mol. The molecule has 0 radical (unpaired) electrons. The molecule has 2 aromatic carbocycles. The number of Topliss-reactive ketones (excluding diaryl/α,β-unsaturated/α-hetero) is 1. The number of benzene rings is 2. The number of hydrogen-bond donors (Lipinski definition) is 2. The number of aryl methyl sites for hydroxylation is 1. The SMILES string of the molecule is CCOc1cc(C2/C(=C(\O)c3c(C)nc4ccccn34)C(=O)C(=O)N2c2nnc(SCc3ccccc3)s2)ccc1O. The molecular weight excluding hydrogens is 574 g/mol. The van der Waals surface area contributed by atoms with E-state index in [1.165, 1.54) is 34.1 Å². The molecule has 6 rings (SSSR count). The number of pyridine rings is 1. The Morgan fingerprint density at radius 3 is 2.64 bits per heavy atom. The number of aromatic nitrogens is 4. The minimum Gasteiger partial charge on any atom is -0.505 e. The summed E-state index contributed by atoms with van der Waals surface area (Å²) in [6.45, 7) is 3.79. The molecule has 1 unspecified atom stereocenters. The van der Waals surface area contributed by atoms with E-state index in [0.717, 1.165) is 5.56 Å². The first-order valence-corrected chi connectivity index (χ1v) is 14.9. The second-order valence-corrected chi connectivity index (χ2v) is 11.6. The molecule has 4 heterocycles. The number of phenols is 1. The zero-order valence-corrected chi connectivity index (χ0v) is 24.2. The Balaban J connectivity index is 1.48. The standard InChI is InChI=1S/C30H25N5O5S2/c1-3-40-21-15-19(12-13-20(21)36)25-23(26(37)24-17(2)31-22-11-7-8-14-34(22)24)27(38)28(39)35(25)29-32-33-30(42-29)41-16-18-9-5-4-6-10-18/h4-15,25,36-37H,3,16H2,1-2H3/b26-23+. The average molecular weight is 600 g/mol. The van der Waals surface area contributed by atoms with Crippen molar-refractivity contribution in [2.75, 3.05) is 11.5 Å². The Hall–Kier alpha value is -4.68. The van der Waals surface area contributed by atoms with E-state index in [4.69, 9.17) is 4.74 Å². The number of aromatic hydroxyl groups is 1. The summed E-state index contributed by atoms with van der Waals surface area (Å²) in [5, 5.41) is 30.8. The average Bonchev–Trinajstić information content (AvgIpc) is 3.67. The Morgan fingerprint density at radius 2 is 1.86 bits per heavy atom. The molecular formula is C30H25N5O5S2. The van der Waals surface area contributed by atoms with E-state index in [1.807, 2.05) is 36.4 Å². The third-order valence-corrected chi connectivity index (χ3v) is 8.91. The molecule has 0 aliphatic carbocycles. The van der Waals surface area contributed by atoms with Crippen LogP contribution in [0.5, 0.6) is 11.5 Å². The molecule has 1 atom stereocenters. The number of hydrogen-bond acceptors (Lipinski definition) is 10. The molecule has 0 spiro atoms. The fraction of sp³-hybridized carbons (Fsp3) is 0.167. The van der Waals surface area contributed by atoms with Gasteiger partial charge in [0.05, 0.1) is 23.9 Å². The zero-order chi connectivity index (χ0) is 29.4. The molecule has 3 aromatic heterocycles. The van der Waals surface area contributed by atoms with Crippen molar-refractivity contribution in [1.29, 1.82) is 0 Å². The van der Waals surface area contributed by atoms with Gasteiger partial charge >= 0.3 is 5.91 Å². The monoisotopic (exact) mass is 599 g/mol. The number of aliphatic hydroxyl groups is 1. The maximum atomic E-state index is 13.7. The molecule has 212 valence electrons. The number of rotatable bonds is 8. The van der Waals surface area contributed by atoms with E-state index in [-0.39, 0.29) is 34.6 Å².